The number of nitrogens with zero attached hydrogens (tertiary/aromatic N) is 2. The molecule has 0 aliphatic rings. The molecule has 0 spiro atoms. The van der Waals surface area contributed by atoms with Crippen LogP contribution in [-0.2, 0) is 6.54 Å². The Bertz CT molecular complexity index is 611. The Hall–Kier alpha value is -2.08. The highest BCUT2D eigenvalue weighted by Crippen LogP contribution is 2.19. The van der Waals surface area contributed by atoms with Gasteiger partial charge in [-0.1, -0.05) is 17.7 Å². The molecule has 1 heterocycles. The first-order chi connectivity index (χ1) is 8.47. The molecular weight excluding hydrogens is 259 g/mol. The molecule has 0 saturated carbocycles. The van der Waals surface area contributed by atoms with Gasteiger partial charge in [0.15, 0.2) is 5.69 Å². The predicted molar refractivity (Wildman–Crippen MR) is 65.7 cm³/mol. The quantitative estimate of drug-likeness (QED) is 0.882. The van der Waals surface area contributed by atoms with Crippen LogP contribution >= 0.6 is 11.6 Å². The molecule has 0 atom stereocenters. The van der Waals surface area contributed by atoms with E-state index in [9.17, 15) is 9.18 Å². The van der Waals surface area contributed by atoms with E-state index in [0.29, 0.717) is 5.56 Å². The van der Waals surface area contributed by atoms with E-state index in [4.69, 9.17) is 23.1 Å². The summed E-state index contributed by atoms with van der Waals surface area (Å²) in [6.07, 6.45) is 1.47. The number of nitrogens with two attached hydrogens (primary N) is 2. The van der Waals surface area contributed by atoms with Gasteiger partial charge in [0.1, 0.15) is 5.82 Å². The van der Waals surface area contributed by atoms with E-state index in [1.54, 1.807) is 6.07 Å². The molecule has 0 bridgehead atoms. The second-order valence-corrected chi connectivity index (χ2v) is 4.14. The van der Waals surface area contributed by atoms with Crippen molar-refractivity contribution < 1.29 is 9.18 Å². The first-order valence-corrected chi connectivity index (χ1v) is 5.42. The minimum Gasteiger partial charge on any atom is -0.396 e. The average Bonchev–Trinajstić information content (AvgIpc) is 2.64. The van der Waals surface area contributed by atoms with Gasteiger partial charge in [0.05, 0.1) is 12.2 Å². The number of halogens is 2. The topological polar surface area (TPSA) is 86.9 Å². The number of primary amides is 1. The first kappa shape index (κ1) is 12.4. The molecule has 4 N–H and O–H groups in total. The van der Waals surface area contributed by atoms with Crippen LogP contribution in [0, 0.1) is 5.82 Å². The second kappa shape index (κ2) is 4.66. The van der Waals surface area contributed by atoms with E-state index in [1.165, 1.54) is 23.0 Å². The number of amides is 1. The third kappa shape index (κ3) is 2.43. The van der Waals surface area contributed by atoms with E-state index >= 15 is 0 Å². The van der Waals surface area contributed by atoms with Crippen molar-refractivity contribution in [3.05, 3.63) is 46.5 Å². The molecule has 2 aromatic rings. The molecule has 0 unspecified atom stereocenters. The van der Waals surface area contributed by atoms with Gasteiger partial charge in [0.25, 0.3) is 5.91 Å². The Balaban J connectivity index is 2.29. The molecule has 5 nitrogen and oxygen atoms in total. The standard InChI is InChI=1S/C11H10ClFN4O/c12-8-3-7(13)2-1-6(8)4-17-5-9(14)10(16-17)11(15)18/h1-3,5H,4,14H2,(H2,15,18). The molecule has 1 aromatic carbocycles. The lowest BCUT2D eigenvalue weighted by molar-refractivity contribution is 0.0995. The molecule has 0 aliphatic carbocycles. The molecule has 0 radical (unpaired) electrons. The summed E-state index contributed by atoms with van der Waals surface area (Å²) in [4.78, 5) is 11.0. The molecule has 0 aliphatic heterocycles. The zero-order valence-electron chi connectivity index (χ0n) is 9.23. The fourth-order valence-electron chi connectivity index (χ4n) is 1.53. The maximum Gasteiger partial charge on any atom is 0.271 e. The lowest BCUT2D eigenvalue weighted by Gasteiger charge is -2.04. The van der Waals surface area contributed by atoms with Crippen molar-refractivity contribution >= 4 is 23.2 Å². The minimum absolute atomic E-state index is 0.00762. The SMILES string of the molecule is NC(=O)c1nn(Cc2ccc(F)cc2Cl)cc1N. The largest absolute Gasteiger partial charge is 0.396 e. The van der Waals surface area contributed by atoms with E-state index in [1.807, 2.05) is 0 Å². The van der Waals surface area contributed by atoms with Crippen LogP contribution in [0.15, 0.2) is 24.4 Å². The molecule has 1 aromatic heterocycles. The molecule has 7 heteroatoms. The number of rotatable bonds is 3. The van der Waals surface area contributed by atoms with Crippen LogP contribution in [0.5, 0.6) is 0 Å². The number of nitrogen functional groups attached to an aromatic ring is 1. The highest BCUT2D eigenvalue weighted by atomic mass is 35.5. The van der Waals surface area contributed by atoms with Crippen molar-refractivity contribution in [3.63, 3.8) is 0 Å². The van der Waals surface area contributed by atoms with Crippen LogP contribution in [0.3, 0.4) is 0 Å². The summed E-state index contributed by atoms with van der Waals surface area (Å²) in [5, 5.41) is 4.21. The van der Waals surface area contributed by atoms with Gasteiger partial charge in [0, 0.05) is 11.2 Å². The highest BCUT2D eigenvalue weighted by molar-refractivity contribution is 6.31. The maximum atomic E-state index is 12.9. The van der Waals surface area contributed by atoms with E-state index in [-0.39, 0.29) is 22.9 Å². The van der Waals surface area contributed by atoms with Gasteiger partial charge in [-0.05, 0) is 17.7 Å². The fourth-order valence-corrected chi connectivity index (χ4v) is 1.76. The Morgan fingerprint density at radius 3 is 2.78 bits per heavy atom. The summed E-state index contributed by atoms with van der Waals surface area (Å²) >= 11 is 5.88. The summed E-state index contributed by atoms with van der Waals surface area (Å²) in [5.74, 6) is -1.11. The average molecular weight is 269 g/mol. The predicted octanol–water partition coefficient (Wildman–Crippen LogP) is 1.40. The Kier molecular flexibility index (Phi) is 3.20. The van der Waals surface area contributed by atoms with Crippen molar-refractivity contribution in [1.82, 2.24) is 9.78 Å². The molecule has 94 valence electrons. The molecule has 18 heavy (non-hydrogen) atoms. The zero-order valence-corrected chi connectivity index (χ0v) is 9.99. The smallest absolute Gasteiger partial charge is 0.271 e. The fraction of sp³-hybridized carbons (Fsp3) is 0.0909. The van der Waals surface area contributed by atoms with Crippen LogP contribution < -0.4 is 11.5 Å². The minimum atomic E-state index is -0.698. The molecule has 0 fully saturated rings. The summed E-state index contributed by atoms with van der Waals surface area (Å²) < 4.78 is 14.3. The van der Waals surface area contributed by atoms with Gasteiger partial charge in [-0.25, -0.2) is 4.39 Å². The van der Waals surface area contributed by atoms with Gasteiger partial charge in [0.2, 0.25) is 0 Å². The number of anilines is 1. The number of benzene rings is 1. The molecule has 1 amide bonds. The highest BCUT2D eigenvalue weighted by Gasteiger charge is 2.12. The third-order valence-electron chi connectivity index (χ3n) is 2.37. The Labute approximate surface area is 107 Å². The number of carbonyl (C=O) groups is 1. The summed E-state index contributed by atoms with van der Waals surface area (Å²) in [6.45, 7) is 0.274. The maximum absolute atomic E-state index is 12.9. The van der Waals surface area contributed by atoms with Crippen molar-refractivity contribution in [1.29, 1.82) is 0 Å². The summed E-state index contributed by atoms with van der Waals surface area (Å²) in [6, 6.07) is 4.04. The molecule has 2 rings (SSSR count). The molecular formula is C11H10ClFN4O. The van der Waals surface area contributed by atoms with Crippen LogP contribution in [0.25, 0.3) is 0 Å². The number of hydrogen-bond donors (Lipinski definition) is 2. The normalized spacial score (nSPS) is 10.6. The molecule has 0 saturated heterocycles. The number of carbonyl (C=O) groups excluding carboxylic acids is 1. The van der Waals surface area contributed by atoms with Gasteiger partial charge in [-0.15, -0.1) is 0 Å². The third-order valence-corrected chi connectivity index (χ3v) is 2.72. The van der Waals surface area contributed by atoms with Gasteiger partial charge < -0.3 is 11.5 Å². The Morgan fingerprint density at radius 2 is 2.22 bits per heavy atom. The first-order valence-electron chi connectivity index (χ1n) is 5.04. The van der Waals surface area contributed by atoms with Crippen LogP contribution in [0.2, 0.25) is 5.02 Å². The van der Waals surface area contributed by atoms with Gasteiger partial charge >= 0.3 is 0 Å². The lowest BCUT2D eigenvalue weighted by atomic mass is 10.2. The van der Waals surface area contributed by atoms with Gasteiger partial charge in [-0.2, -0.15) is 5.10 Å². The lowest BCUT2D eigenvalue weighted by Crippen LogP contribution is -2.14. The van der Waals surface area contributed by atoms with E-state index < -0.39 is 11.7 Å². The van der Waals surface area contributed by atoms with Crippen molar-refractivity contribution in [2.24, 2.45) is 5.73 Å². The Morgan fingerprint density at radius 1 is 1.50 bits per heavy atom. The summed E-state index contributed by atoms with van der Waals surface area (Å²) in [5.41, 5.74) is 11.5. The van der Waals surface area contributed by atoms with Crippen molar-refractivity contribution in [2.75, 3.05) is 5.73 Å². The van der Waals surface area contributed by atoms with Gasteiger partial charge in [-0.3, -0.25) is 9.48 Å². The second-order valence-electron chi connectivity index (χ2n) is 3.73. The number of hydrogen-bond acceptors (Lipinski definition) is 3. The number of aromatic nitrogens is 2. The monoisotopic (exact) mass is 268 g/mol. The van der Waals surface area contributed by atoms with Crippen LogP contribution in [0.4, 0.5) is 10.1 Å². The zero-order chi connectivity index (χ0) is 13.3. The van der Waals surface area contributed by atoms with Crippen LogP contribution in [-0.4, -0.2) is 15.7 Å². The van der Waals surface area contributed by atoms with Crippen molar-refractivity contribution in [3.8, 4) is 0 Å². The van der Waals surface area contributed by atoms with E-state index in [0.717, 1.165) is 0 Å². The van der Waals surface area contributed by atoms with Crippen LogP contribution in [0.1, 0.15) is 16.1 Å². The van der Waals surface area contributed by atoms with E-state index in [2.05, 4.69) is 5.10 Å². The summed E-state index contributed by atoms with van der Waals surface area (Å²) in [7, 11) is 0. The van der Waals surface area contributed by atoms with Crippen molar-refractivity contribution in [2.45, 2.75) is 6.54 Å².